The van der Waals surface area contributed by atoms with E-state index in [1.165, 1.54) is 93.8 Å². The van der Waals surface area contributed by atoms with Gasteiger partial charge in [-0.1, -0.05) is 30.7 Å². The first-order valence-electron chi connectivity index (χ1n) is 31.0. The maximum Gasteiger partial charge on any atom is 0.317 e. The molecular weight excluding hydrogens is 1230 g/mol. The van der Waals surface area contributed by atoms with Gasteiger partial charge in [0.2, 0.25) is 0 Å². The van der Waals surface area contributed by atoms with Crippen LogP contribution in [0.1, 0.15) is 118 Å². The molecule has 0 radical (unpaired) electrons. The summed E-state index contributed by atoms with van der Waals surface area (Å²) in [5.41, 5.74) is -1.67. The van der Waals surface area contributed by atoms with E-state index in [9.17, 15) is 38.4 Å². The van der Waals surface area contributed by atoms with Crippen LogP contribution in [-0.2, 0) is 108 Å². The highest BCUT2D eigenvalue weighted by atomic mass is 31.2. The Morgan fingerprint density at radius 1 is 0.415 bits per heavy atom. The summed E-state index contributed by atoms with van der Waals surface area (Å²) in [5.74, 6) is -3.33. The molecule has 1 aliphatic rings. The molecule has 1 fully saturated rings. The Kier molecular flexibility index (Phi) is 52.9. The number of methoxy groups -OCH3 is 4. The Balaban J connectivity index is -0.000000276. The normalized spacial score (nSPS) is 14.8. The van der Waals surface area contributed by atoms with Crippen LogP contribution in [0.3, 0.4) is 0 Å². The molecule has 24 heteroatoms. The predicted octanol–water partition coefficient (Wildman–Crippen LogP) is 9.38. The van der Waals surface area contributed by atoms with Crippen LogP contribution in [0.2, 0.25) is 0 Å². The van der Waals surface area contributed by atoms with Crippen molar-refractivity contribution in [3.63, 3.8) is 0 Å². The lowest BCUT2D eigenvalue weighted by Crippen LogP contribution is -2.48. The summed E-state index contributed by atoms with van der Waals surface area (Å²) in [4.78, 5) is 92.6. The molecule has 4 atom stereocenters. The number of hydrogen-bond donors (Lipinski definition) is 0. The average Bonchev–Trinajstić information content (AvgIpc) is 0.890. The molecule has 94 heavy (non-hydrogen) atoms. The highest BCUT2D eigenvalue weighted by molar-refractivity contribution is 7.73. The first kappa shape index (κ1) is 100. The number of rotatable bonds is 37. The second kappa shape index (κ2) is 49.6. The Morgan fingerprint density at radius 2 is 0.691 bits per heavy atom. The smallest absolute Gasteiger partial charge is 0.317 e. The summed E-state index contributed by atoms with van der Waals surface area (Å²) in [6, 6.07) is 9.01. The summed E-state index contributed by atoms with van der Waals surface area (Å²) in [6.45, 7) is 23.2. The van der Waals surface area contributed by atoms with Crippen molar-refractivity contribution >= 4 is 55.0 Å². The van der Waals surface area contributed by atoms with Crippen LogP contribution < -0.4 is 0 Å². The zero-order chi connectivity index (χ0) is 69.6. The second-order valence-corrected chi connectivity index (χ2v) is 33.3. The molecule has 4 unspecified atom stereocenters. The highest BCUT2D eigenvalue weighted by Gasteiger charge is 2.40. The first-order chi connectivity index (χ1) is 41.5. The zero-order valence-corrected chi connectivity index (χ0v) is 64.7. The summed E-state index contributed by atoms with van der Waals surface area (Å²) in [5, 5.41) is 0. The molecule has 0 spiro atoms. The lowest BCUT2D eigenvalue weighted by molar-refractivity contribution is -0.929. The van der Waals surface area contributed by atoms with Gasteiger partial charge in [-0.15, -0.1) is 0 Å². The van der Waals surface area contributed by atoms with Gasteiger partial charge in [-0.25, -0.2) is 0 Å². The molecule has 0 bridgehead atoms. The number of benzene rings is 1. The molecule has 0 amide bonds. The van der Waals surface area contributed by atoms with E-state index >= 15 is 0 Å². The fourth-order valence-corrected chi connectivity index (χ4v) is 10.1. The molecular formula is C70H134N3O20P. The van der Waals surface area contributed by atoms with Gasteiger partial charge in [0.25, 0.3) is 0 Å². The van der Waals surface area contributed by atoms with Crippen molar-refractivity contribution in [1.82, 2.24) is 0 Å². The first-order valence-corrected chi connectivity index (χ1v) is 34.3. The number of quaternary nitrogens is 3. The second-order valence-electron chi connectivity index (χ2n) is 28.2. The molecule has 1 aliphatic carbocycles. The molecule has 554 valence electrons. The standard InChI is InChI=1S/C24H38NO5.2C14H28NO5.C14H28O5P.4CH3/c1-19(26)30-18-24(2,17-28-5)23(27)29-16-21-13-11-20(12-14-21)15-25(3,4)22-9-7-6-8-10-22;2*1-12(16)20-11-14(2,10-18-6)13(17)19-9-7-8-15(3,4)5;1-12(15)19-11-14(2,10-17-3)13(16)18-8-7-9-20(4,5)6;;;;/h11-14,22H,6-10,15-18H2,1-5H3;3*7-11H2,1-6H3;4*1H3/q4*+1;4*-1. The molecule has 0 N–H and O–H groups in total. The monoisotopic (exact) mass is 1370 g/mol. The van der Waals surface area contributed by atoms with Gasteiger partial charge in [0.05, 0.1) is 128 Å². The zero-order valence-electron chi connectivity index (χ0n) is 63.8. The van der Waals surface area contributed by atoms with Crippen molar-refractivity contribution in [2.24, 2.45) is 21.7 Å². The van der Waals surface area contributed by atoms with Gasteiger partial charge in [0.15, 0.2) is 0 Å². The van der Waals surface area contributed by atoms with Crippen molar-refractivity contribution in [2.45, 2.75) is 126 Å². The Hall–Kier alpha value is -4.87. The van der Waals surface area contributed by atoms with Crippen molar-refractivity contribution in [3.05, 3.63) is 65.1 Å². The van der Waals surface area contributed by atoms with Gasteiger partial charge < -0.3 is 100.0 Å². The van der Waals surface area contributed by atoms with Crippen LogP contribution in [0.15, 0.2) is 24.3 Å². The van der Waals surface area contributed by atoms with Crippen molar-refractivity contribution < 1.29 is 109 Å². The van der Waals surface area contributed by atoms with Crippen LogP contribution in [0, 0.1) is 51.4 Å². The molecule has 1 saturated carbocycles. The average molecular weight is 1370 g/mol. The lowest BCUT2D eigenvalue weighted by Gasteiger charge is -2.40. The summed E-state index contributed by atoms with van der Waals surface area (Å²) < 4.78 is 64.0. The SMILES string of the molecule is COCC(C)(COC(C)=O)C(=O)OCCC[N+](C)(C)C.COCC(C)(COC(C)=O)C(=O)OCCC[N+](C)(C)C.COCC(C)(COC(C)=O)C(=O)OCCC[P+](C)(C)C.COCC(C)(COC(C)=O)C(=O)OCc1ccc(C[N+](C)(C)C2CCCCC2)cc1.[CH3-].[CH3-].[CH3-].[CH3-]. The Morgan fingerprint density at radius 3 is 0.957 bits per heavy atom. The lowest BCUT2D eigenvalue weighted by atomic mass is 9.92. The van der Waals surface area contributed by atoms with E-state index < -0.39 is 70.7 Å². The minimum Gasteiger partial charge on any atom is -0.465 e. The van der Waals surface area contributed by atoms with Gasteiger partial charge in [0, 0.05) is 108 Å². The van der Waals surface area contributed by atoms with Gasteiger partial charge >= 0.3 is 47.8 Å². The van der Waals surface area contributed by atoms with E-state index in [1.54, 1.807) is 27.7 Å². The maximum atomic E-state index is 12.6. The van der Waals surface area contributed by atoms with Crippen LogP contribution in [0.4, 0.5) is 0 Å². The third kappa shape index (κ3) is 47.1. The van der Waals surface area contributed by atoms with Gasteiger partial charge in [-0.3, -0.25) is 38.4 Å². The quantitative estimate of drug-likeness (QED) is 0.0150. The Labute approximate surface area is 570 Å². The molecule has 2 rings (SSSR count). The fourth-order valence-electron chi connectivity index (χ4n) is 9.03. The van der Waals surface area contributed by atoms with E-state index in [4.69, 9.17) is 56.8 Å². The van der Waals surface area contributed by atoms with Crippen molar-refractivity contribution in [3.8, 4) is 0 Å². The van der Waals surface area contributed by atoms with Crippen molar-refractivity contribution in [1.29, 1.82) is 0 Å². The summed E-state index contributed by atoms with van der Waals surface area (Å²) in [6.07, 6.45) is 10.2. The number of carbonyl (C=O) groups is 8. The van der Waals surface area contributed by atoms with Crippen LogP contribution in [-0.4, -0.2) is 264 Å². The molecule has 23 nitrogen and oxygen atoms in total. The third-order valence-electron chi connectivity index (χ3n) is 14.4. The molecule has 0 saturated heterocycles. The number of hydrogen-bond acceptors (Lipinski definition) is 20. The van der Waals surface area contributed by atoms with E-state index in [0.29, 0.717) is 19.8 Å². The molecule has 1 aromatic rings. The largest absolute Gasteiger partial charge is 0.465 e. The van der Waals surface area contributed by atoms with Gasteiger partial charge in [-0.2, -0.15) is 0 Å². The number of nitrogens with zero attached hydrogens (tertiary/aromatic N) is 3. The van der Waals surface area contributed by atoms with Crippen LogP contribution >= 0.6 is 7.26 Å². The van der Waals surface area contributed by atoms with Crippen LogP contribution in [0.5, 0.6) is 0 Å². The minimum absolute atomic E-state index is 0. The van der Waals surface area contributed by atoms with Crippen LogP contribution in [0.25, 0.3) is 0 Å². The maximum absolute atomic E-state index is 12.6. The van der Waals surface area contributed by atoms with Gasteiger partial charge in [-0.05, 0) is 58.9 Å². The fraction of sp³-hybridized carbons (Fsp3) is 0.743. The van der Waals surface area contributed by atoms with E-state index in [1.807, 2.05) is 12.1 Å². The van der Waals surface area contributed by atoms with E-state index in [0.717, 1.165) is 70.1 Å². The molecule has 0 heterocycles. The summed E-state index contributed by atoms with van der Waals surface area (Å²) in [7, 11) is 22.3. The number of ether oxygens (including phenoxy) is 12. The number of esters is 8. The predicted molar refractivity (Wildman–Crippen MR) is 373 cm³/mol. The minimum atomic E-state index is -1.03. The molecule has 1 aromatic carbocycles. The number of carbonyl (C=O) groups excluding carboxylic acids is 8. The third-order valence-corrected chi connectivity index (χ3v) is 16.0. The highest BCUT2D eigenvalue weighted by Crippen LogP contribution is 2.46. The van der Waals surface area contributed by atoms with E-state index in [2.05, 4.69) is 88.5 Å². The van der Waals surface area contributed by atoms with E-state index in [-0.39, 0.29) is 95.1 Å². The van der Waals surface area contributed by atoms with Crippen molar-refractivity contribution in [2.75, 3.05) is 197 Å². The summed E-state index contributed by atoms with van der Waals surface area (Å²) >= 11 is 0. The molecule has 0 aliphatic heterocycles. The topological polar surface area (TPSA) is 247 Å². The van der Waals surface area contributed by atoms with Gasteiger partial charge in [0.1, 0.15) is 61.2 Å². The molecule has 0 aromatic heterocycles. The Bertz CT molecular complexity index is 2130.